The van der Waals surface area contributed by atoms with Crippen molar-refractivity contribution in [2.24, 2.45) is 0 Å². The van der Waals surface area contributed by atoms with E-state index in [9.17, 15) is 9.18 Å². The summed E-state index contributed by atoms with van der Waals surface area (Å²) >= 11 is 1.46. The molecule has 0 atom stereocenters. The van der Waals surface area contributed by atoms with Gasteiger partial charge in [-0.2, -0.15) is 0 Å². The minimum atomic E-state index is -0.281. The summed E-state index contributed by atoms with van der Waals surface area (Å²) in [7, 11) is 0. The molecule has 124 valence electrons. The zero-order valence-corrected chi connectivity index (χ0v) is 13.8. The normalized spacial score (nSPS) is 10.9. The van der Waals surface area contributed by atoms with Crippen LogP contribution in [0.4, 0.5) is 10.2 Å². The van der Waals surface area contributed by atoms with Crippen LogP contribution in [0.1, 0.15) is 5.69 Å². The molecule has 1 N–H and O–H groups in total. The number of hydrogen-bond acceptors (Lipinski definition) is 4. The first-order valence-electron chi connectivity index (χ1n) is 7.61. The van der Waals surface area contributed by atoms with E-state index in [1.54, 1.807) is 30.5 Å². The second-order valence-electron chi connectivity index (χ2n) is 5.45. The fourth-order valence-electron chi connectivity index (χ4n) is 2.50. The molecule has 1 aromatic carbocycles. The number of rotatable bonds is 4. The Labute approximate surface area is 146 Å². The van der Waals surface area contributed by atoms with E-state index in [0.717, 1.165) is 21.9 Å². The van der Waals surface area contributed by atoms with Crippen LogP contribution in [-0.2, 0) is 11.2 Å². The van der Waals surface area contributed by atoms with Crippen LogP contribution in [-0.4, -0.2) is 20.3 Å². The van der Waals surface area contributed by atoms with E-state index in [-0.39, 0.29) is 18.1 Å². The highest BCUT2D eigenvalue weighted by Gasteiger charge is 2.13. The van der Waals surface area contributed by atoms with Crippen molar-refractivity contribution in [2.75, 3.05) is 5.32 Å². The number of benzene rings is 1. The molecule has 7 heteroatoms. The number of aromatic nitrogens is 3. The Morgan fingerprint density at radius 3 is 2.80 bits per heavy atom. The molecule has 5 nitrogen and oxygen atoms in total. The van der Waals surface area contributed by atoms with Gasteiger partial charge in [0.25, 0.3) is 0 Å². The van der Waals surface area contributed by atoms with E-state index >= 15 is 0 Å². The van der Waals surface area contributed by atoms with Crippen LogP contribution in [0, 0.1) is 5.82 Å². The molecule has 0 bridgehead atoms. The second kappa shape index (κ2) is 6.45. The molecule has 0 unspecified atom stereocenters. The van der Waals surface area contributed by atoms with Crippen LogP contribution in [0.25, 0.3) is 16.2 Å². The molecule has 0 radical (unpaired) electrons. The van der Waals surface area contributed by atoms with Gasteiger partial charge in [-0.15, -0.1) is 11.3 Å². The molecular weight excluding hydrogens is 339 g/mol. The molecule has 0 aliphatic heterocycles. The lowest BCUT2D eigenvalue weighted by atomic mass is 10.2. The summed E-state index contributed by atoms with van der Waals surface area (Å²) in [5.41, 5.74) is 2.42. The summed E-state index contributed by atoms with van der Waals surface area (Å²) in [6.07, 6.45) is 3.71. The number of imidazole rings is 1. The van der Waals surface area contributed by atoms with Gasteiger partial charge in [-0.1, -0.05) is 6.07 Å². The standard InChI is InChI=1S/C18H13FN4OS/c19-13-6-4-12(5-7-13)15-10-23-14(11-25-18(23)21-15)9-17(24)22-16-3-1-2-8-20-16/h1-8,10-11H,9H2,(H,20,22,24). The third-order valence-corrected chi connectivity index (χ3v) is 4.59. The highest BCUT2D eigenvalue weighted by molar-refractivity contribution is 7.15. The Bertz CT molecular complexity index is 1020. The Hall–Kier alpha value is -3.06. The Morgan fingerprint density at radius 2 is 2.04 bits per heavy atom. The molecule has 4 rings (SSSR count). The summed E-state index contributed by atoms with van der Waals surface area (Å²) in [4.78, 5) is 21.6. The minimum Gasteiger partial charge on any atom is -0.310 e. The number of hydrogen-bond donors (Lipinski definition) is 1. The maximum Gasteiger partial charge on any atom is 0.231 e. The van der Waals surface area contributed by atoms with Crippen LogP contribution < -0.4 is 5.32 Å². The highest BCUT2D eigenvalue weighted by atomic mass is 32.1. The second-order valence-corrected chi connectivity index (χ2v) is 6.29. The monoisotopic (exact) mass is 352 g/mol. The number of anilines is 1. The largest absolute Gasteiger partial charge is 0.310 e. The molecule has 4 aromatic rings. The van der Waals surface area contributed by atoms with Crippen molar-refractivity contribution >= 4 is 28.0 Å². The molecule has 3 aromatic heterocycles. The van der Waals surface area contributed by atoms with Gasteiger partial charge >= 0.3 is 0 Å². The molecule has 0 saturated heterocycles. The summed E-state index contributed by atoms with van der Waals surface area (Å²) in [6.45, 7) is 0. The molecule has 0 fully saturated rings. The number of fused-ring (bicyclic) bond motifs is 1. The van der Waals surface area contributed by atoms with Gasteiger partial charge in [0.1, 0.15) is 11.6 Å². The SMILES string of the molecule is O=C(Cc1csc2nc(-c3ccc(F)cc3)cn12)Nc1ccccn1. The molecule has 0 saturated carbocycles. The van der Waals surface area contributed by atoms with E-state index < -0.39 is 0 Å². The molecule has 25 heavy (non-hydrogen) atoms. The maximum atomic E-state index is 13.1. The molecule has 1 amide bonds. The first-order chi connectivity index (χ1) is 12.2. The van der Waals surface area contributed by atoms with Crippen molar-refractivity contribution in [2.45, 2.75) is 6.42 Å². The quantitative estimate of drug-likeness (QED) is 0.608. The van der Waals surface area contributed by atoms with Crippen LogP contribution >= 0.6 is 11.3 Å². The lowest BCUT2D eigenvalue weighted by Gasteiger charge is -2.03. The first kappa shape index (κ1) is 15.5. The molecule has 3 heterocycles. The lowest BCUT2D eigenvalue weighted by molar-refractivity contribution is -0.115. The first-order valence-corrected chi connectivity index (χ1v) is 8.49. The number of nitrogens with zero attached hydrogens (tertiary/aromatic N) is 3. The maximum absolute atomic E-state index is 13.1. The summed E-state index contributed by atoms with van der Waals surface area (Å²) in [5, 5.41) is 4.68. The van der Waals surface area contributed by atoms with Gasteiger partial charge < -0.3 is 5.32 Å². The molecular formula is C18H13FN4OS. The smallest absolute Gasteiger partial charge is 0.231 e. The topological polar surface area (TPSA) is 59.3 Å². The van der Waals surface area contributed by atoms with Gasteiger partial charge in [0.05, 0.1) is 12.1 Å². The predicted octanol–water partition coefficient (Wildman–Crippen LogP) is 3.78. The Kier molecular flexibility index (Phi) is 3.99. The number of pyridine rings is 1. The zero-order valence-electron chi connectivity index (χ0n) is 13.0. The Morgan fingerprint density at radius 1 is 1.20 bits per heavy atom. The summed E-state index contributed by atoms with van der Waals surface area (Å²) in [6, 6.07) is 11.5. The number of amides is 1. The zero-order chi connectivity index (χ0) is 17.2. The van der Waals surface area contributed by atoms with Gasteiger partial charge in [0.15, 0.2) is 4.96 Å². The summed E-state index contributed by atoms with van der Waals surface area (Å²) < 4.78 is 15.0. The average Bonchev–Trinajstić information content (AvgIpc) is 3.18. The van der Waals surface area contributed by atoms with E-state index in [1.165, 1.54) is 23.5 Å². The van der Waals surface area contributed by atoms with E-state index in [0.29, 0.717) is 5.82 Å². The van der Waals surface area contributed by atoms with Gasteiger partial charge in [0, 0.05) is 29.0 Å². The van der Waals surface area contributed by atoms with E-state index in [2.05, 4.69) is 15.3 Å². The van der Waals surface area contributed by atoms with E-state index in [4.69, 9.17) is 0 Å². The van der Waals surface area contributed by atoms with Gasteiger partial charge in [-0.3, -0.25) is 9.20 Å². The van der Waals surface area contributed by atoms with Crippen molar-refractivity contribution < 1.29 is 9.18 Å². The molecule has 0 spiro atoms. The Balaban J connectivity index is 1.56. The summed E-state index contributed by atoms with van der Waals surface area (Å²) in [5.74, 6) is 0.101. The van der Waals surface area contributed by atoms with Crippen molar-refractivity contribution in [1.82, 2.24) is 14.4 Å². The number of nitrogens with one attached hydrogen (secondary N) is 1. The van der Waals surface area contributed by atoms with E-state index in [1.807, 2.05) is 22.0 Å². The predicted molar refractivity (Wildman–Crippen MR) is 95.0 cm³/mol. The molecule has 0 aliphatic rings. The van der Waals surface area contributed by atoms with Crippen LogP contribution in [0.15, 0.2) is 60.2 Å². The fraction of sp³-hybridized carbons (Fsp3) is 0.0556. The number of carbonyl (C=O) groups is 1. The van der Waals surface area contributed by atoms with Gasteiger partial charge in [0.2, 0.25) is 5.91 Å². The van der Waals surface area contributed by atoms with Crippen molar-refractivity contribution in [3.8, 4) is 11.3 Å². The van der Waals surface area contributed by atoms with Crippen LogP contribution in [0.5, 0.6) is 0 Å². The van der Waals surface area contributed by atoms with Gasteiger partial charge in [-0.05, 0) is 36.4 Å². The van der Waals surface area contributed by atoms with Crippen LogP contribution in [0.3, 0.4) is 0 Å². The highest BCUT2D eigenvalue weighted by Crippen LogP contribution is 2.24. The number of carbonyl (C=O) groups excluding carboxylic acids is 1. The molecule has 0 aliphatic carbocycles. The fourth-order valence-corrected chi connectivity index (χ4v) is 3.38. The van der Waals surface area contributed by atoms with Crippen LogP contribution in [0.2, 0.25) is 0 Å². The minimum absolute atomic E-state index is 0.143. The van der Waals surface area contributed by atoms with Crippen molar-refractivity contribution in [3.05, 3.63) is 71.7 Å². The third kappa shape index (κ3) is 3.27. The number of thiazole rings is 1. The van der Waals surface area contributed by atoms with Crippen molar-refractivity contribution in [3.63, 3.8) is 0 Å². The lowest BCUT2D eigenvalue weighted by Crippen LogP contribution is -2.15. The van der Waals surface area contributed by atoms with Crippen molar-refractivity contribution in [1.29, 1.82) is 0 Å². The third-order valence-electron chi connectivity index (χ3n) is 3.70. The van der Waals surface area contributed by atoms with Gasteiger partial charge in [-0.25, -0.2) is 14.4 Å². The average molecular weight is 352 g/mol. The number of halogens is 1.